The van der Waals surface area contributed by atoms with E-state index < -0.39 is 11.7 Å². The van der Waals surface area contributed by atoms with E-state index in [4.69, 9.17) is 0 Å². The second-order valence-corrected chi connectivity index (χ2v) is 7.47. The number of nitrogens with zero attached hydrogens (tertiary/aromatic N) is 1. The van der Waals surface area contributed by atoms with E-state index in [9.17, 15) is 23.4 Å². The van der Waals surface area contributed by atoms with Crippen LogP contribution in [0.25, 0.3) is 33.6 Å². The van der Waals surface area contributed by atoms with Crippen molar-refractivity contribution in [3.8, 4) is 45.1 Å². The summed E-state index contributed by atoms with van der Waals surface area (Å²) in [6.07, 6.45) is -3.98. The SMILES string of the molecule is Oc1ccccc1-c1cc(-c2cccc(C(F)(F)F)c2)nc2c1Cc1cccc(O)c1-2. The van der Waals surface area contributed by atoms with Crippen molar-refractivity contribution in [2.75, 3.05) is 0 Å². The number of pyridine rings is 1. The highest BCUT2D eigenvalue weighted by Crippen LogP contribution is 2.47. The first-order valence-corrected chi connectivity index (χ1v) is 9.64. The Morgan fingerprint density at radius 1 is 0.774 bits per heavy atom. The first-order chi connectivity index (χ1) is 14.8. The predicted molar refractivity (Wildman–Crippen MR) is 112 cm³/mol. The number of fused-ring (bicyclic) bond motifs is 3. The number of rotatable bonds is 2. The Kier molecular flexibility index (Phi) is 4.25. The number of halogens is 3. The molecule has 0 atom stereocenters. The number of benzene rings is 3. The largest absolute Gasteiger partial charge is 0.507 e. The number of aromatic hydroxyl groups is 2. The molecule has 31 heavy (non-hydrogen) atoms. The van der Waals surface area contributed by atoms with Crippen LogP contribution in [0.5, 0.6) is 11.5 Å². The normalized spacial score (nSPS) is 12.5. The molecule has 154 valence electrons. The van der Waals surface area contributed by atoms with Gasteiger partial charge in [0.15, 0.2) is 0 Å². The van der Waals surface area contributed by atoms with Crippen molar-refractivity contribution in [2.24, 2.45) is 0 Å². The van der Waals surface area contributed by atoms with Gasteiger partial charge in [0.05, 0.1) is 17.0 Å². The molecule has 0 radical (unpaired) electrons. The van der Waals surface area contributed by atoms with Crippen LogP contribution in [0.3, 0.4) is 0 Å². The van der Waals surface area contributed by atoms with E-state index in [1.54, 1.807) is 48.5 Å². The molecular weight excluding hydrogens is 403 g/mol. The van der Waals surface area contributed by atoms with E-state index in [-0.39, 0.29) is 11.5 Å². The summed E-state index contributed by atoms with van der Waals surface area (Å²) in [5.41, 5.74) is 3.88. The van der Waals surface area contributed by atoms with Crippen LogP contribution < -0.4 is 0 Å². The van der Waals surface area contributed by atoms with Gasteiger partial charge in [-0.1, -0.05) is 42.5 Å². The summed E-state index contributed by atoms with van der Waals surface area (Å²) < 4.78 is 39.8. The van der Waals surface area contributed by atoms with Crippen LogP contribution in [0.2, 0.25) is 0 Å². The zero-order chi connectivity index (χ0) is 21.8. The molecule has 0 bridgehead atoms. The second kappa shape index (κ2) is 6.87. The van der Waals surface area contributed by atoms with Gasteiger partial charge in [0.25, 0.3) is 0 Å². The molecule has 0 amide bonds. The minimum absolute atomic E-state index is 0.0612. The Hall–Kier alpha value is -3.80. The number of hydrogen-bond donors (Lipinski definition) is 2. The van der Waals surface area contributed by atoms with Crippen LogP contribution in [0.15, 0.2) is 72.8 Å². The Balaban J connectivity index is 1.79. The summed E-state index contributed by atoms with van der Waals surface area (Å²) in [7, 11) is 0. The van der Waals surface area contributed by atoms with Gasteiger partial charge in [0, 0.05) is 23.1 Å². The summed E-state index contributed by atoms with van der Waals surface area (Å²) in [5.74, 6) is 0.124. The lowest BCUT2D eigenvalue weighted by molar-refractivity contribution is -0.137. The molecule has 3 aromatic carbocycles. The third kappa shape index (κ3) is 3.20. The molecule has 0 saturated heterocycles. The molecule has 0 fully saturated rings. The average molecular weight is 419 g/mol. The minimum Gasteiger partial charge on any atom is -0.507 e. The maximum atomic E-state index is 13.3. The molecule has 5 rings (SSSR count). The van der Waals surface area contributed by atoms with Crippen molar-refractivity contribution in [3.63, 3.8) is 0 Å². The third-order valence-electron chi connectivity index (χ3n) is 5.54. The number of aromatic nitrogens is 1. The van der Waals surface area contributed by atoms with Crippen LogP contribution in [0, 0.1) is 0 Å². The van der Waals surface area contributed by atoms with Crippen LogP contribution in [-0.4, -0.2) is 15.2 Å². The number of hydrogen-bond acceptors (Lipinski definition) is 3. The van der Waals surface area contributed by atoms with Gasteiger partial charge >= 0.3 is 6.18 Å². The Morgan fingerprint density at radius 3 is 2.29 bits per heavy atom. The van der Waals surface area contributed by atoms with Gasteiger partial charge in [-0.3, -0.25) is 0 Å². The molecule has 3 nitrogen and oxygen atoms in total. The van der Waals surface area contributed by atoms with Gasteiger partial charge < -0.3 is 10.2 Å². The number of para-hydroxylation sites is 1. The van der Waals surface area contributed by atoms with Crippen LogP contribution in [0.4, 0.5) is 13.2 Å². The fourth-order valence-corrected chi connectivity index (χ4v) is 4.10. The van der Waals surface area contributed by atoms with Gasteiger partial charge in [0.2, 0.25) is 0 Å². The van der Waals surface area contributed by atoms with Gasteiger partial charge in [-0.25, -0.2) is 4.98 Å². The van der Waals surface area contributed by atoms with Crippen molar-refractivity contribution >= 4 is 0 Å². The van der Waals surface area contributed by atoms with Gasteiger partial charge in [-0.05, 0) is 47.0 Å². The quantitative estimate of drug-likeness (QED) is 0.347. The fraction of sp³-hybridized carbons (Fsp3) is 0.0800. The molecule has 0 saturated carbocycles. The summed E-state index contributed by atoms with van der Waals surface area (Å²) >= 11 is 0. The highest BCUT2D eigenvalue weighted by Gasteiger charge is 2.31. The zero-order valence-corrected chi connectivity index (χ0v) is 16.1. The smallest absolute Gasteiger partial charge is 0.416 e. The molecule has 4 aromatic rings. The molecule has 0 aliphatic heterocycles. The van der Waals surface area contributed by atoms with Gasteiger partial charge in [-0.15, -0.1) is 0 Å². The van der Waals surface area contributed by atoms with Crippen molar-refractivity contribution < 1.29 is 23.4 Å². The highest BCUT2D eigenvalue weighted by molar-refractivity contribution is 5.89. The van der Waals surface area contributed by atoms with E-state index in [2.05, 4.69) is 4.98 Å². The third-order valence-corrected chi connectivity index (χ3v) is 5.54. The molecule has 1 aliphatic rings. The monoisotopic (exact) mass is 419 g/mol. The van der Waals surface area contributed by atoms with Crippen LogP contribution in [0.1, 0.15) is 16.7 Å². The minimum atomic E-state index is -4.47. The summed E-state index contributed by atoms with van der Waals surface area (Å²) in [6, 6.07) is 18.7. The Morgan fingerprint density at radius 2 is 1.52 bits per heavy atom. The molecule has 0 unspecified atom stereocenters. The topological polar surface area (TPSA) is 53.4 Å². The average Bonchev–Trinajstić information content (AvgIpc) is 3.13. The zero-order valence-electron chi connectivity index (χ0n) is 16.1. The van der Waals surface area contributed by atoms with E-state index in [0.717, 1.165) is 23.3 Å². The molecule has 1 aliphatic carbocycles. The first-order valence-electron chi connectivity index (χ1n) is 9.64. The number of phenols is 2. The maximum Gasteiger partial charge on any atom is 0.416 e. The van der Waals surface area contributed by atoms with Crippen LogP contribution >= 0.6 is 0 Å². The van der Waals surface area contributed by atoms with Crippen molar-refractivity contribution in [3.05, 3.63) is 89.5 Å². The van der Waals surface area contributed by atoms with Crippen molar-refractivity contribution in [2.45, 2.75) is 12.6 Å². The molecule has 2 N–H and O–H groups in total. The van der Waals surface area contributed by atoms with E-state index >= 15 is 0 Å². The molecule has 6 heteroatoms. The number of phenolic OH excluding ortho intramolecular Hbond substituents is 2. The van der Waals surface area contributed by atoms with Gasteiger partial charge in [0.1, 0.15) is 11.5 Å². The maximum absolute atomic E-state index is 13.3. The van der Waals surface area contributed by atoms with Crippen molar-refractivity contribution in [1.82, 2.24) is 4.98 Å². The molecule has 1 aromatic heterocycles. The second-order valence-electron chi connectivity index (χ2n) is 7.47. The fourth-order valence-electron chi connectivity index (χ4n) is 4.10. The molecule has 1 heterocycles. The standard InChI is InChI=1S/C25H16F3NO2/c26-25(27,28)16-7-3-5-14(11-16)20-13-18(17-8-1-2-9-21(17)30)19-12-15-6-4-10-22(31)23(15)24(19)29-20/h1-11,13,30-31H,12H2. The predicted octanol–water partition coefficient (Wildman–Crippen LogP) is 6.42. The van der Waals surface area contributed by atoms with Crippen molar-refractivity contribution in [1.29, 1.82) is 0 Å². The first kappa shape index (κ1) is 19.2. The van der Waals surface area contributed by atoms with E-state index in [0.29, 0.717) is 40.1 Å². The van der Waals surface area contributed by atoms with E-state index in [1.807, 2.05) is 6.07 Å². The Bertz CT molecular complexity index is 1330. The lowest BCUT2D eigenvalue weighted by Gasteiger charge is -2.14. The van der Waals surface area contributed by atoms with Gasteiger partial charge in [-0.2, -0.15) is 13.2 Å². The highest BCUT2D eigenvalue weighted by atomic mass is 19.4. The molecular formula is C25H16F3NO2. The Labute approximate surface area is 176 Å². The number of alkyl halides is 3. The van der Waals surface area contributed by atoms with Crippen LogP contribution in [-0.2, 0) is 12.6 Å². The van der Waals surface area contributed by atoms with E-state index in [1.165, 1.54) is 6.07 Å². The summed E-state index contributed by atoms with van der Waals surface area (Å²) in [5, 5.41) is 20.9. The molecule has 0 spiro atoms. The lowest BCUT2D eigenvalue weighted by Crippen LogP contribution is -2.04. The summed E-state index contributed by atoms with van der Waals surface area (Å²) in [6.45, 7) is 0. The summed E-state index contributed by atoms with van der Waals surface area (Å²) in [4.78, 5) is 4.66. The lowest BCUT2D eigenvalue weighted by atomic mass is 9.95.